The van der Waals surface area contributed by atoms with Gasteiger partial charge >= 0.3 is 54.6 Å². The van der Waals surface area contributed by atoms with Crippen LogP contribution in [0.2, 0.25) is 0 Å². The zero-order valence-electron chi connectivity index (χ0n) is 1.71. The van der Waals surface area contributed by atoms with Crippen LogP contribution in [0.5, 0.6) is 0 Å². The number of halogens is 3. The molecule has 0 N–H and O–H groups in total. The number of rotatable bonds is 0. The van der Waals surface area contributed by atoms with Crippen molar-refractivity contribution in [2.75, 3.05) is 0 Å². The van der Waals surface area contributed by atoms with Crippen LogP contribution in [0.3, 0.4) is 0 Å². The van der Waals surface area contributed by atoms with E-state index >= 15 is 0 Å². The Balaban J connectivity index is 2.32. The van der Waals surface area contributed by atoms with Crippen molar-refractivity contribution in [2.45, 2.75) is 0 Å². The topological polar surface area (TPSA) is 0 Å². The summed E-state index contributed by atoms with van der Waals surface area (Å²) in [5.74, 6) is 0. The van der Waals surface area contributed by atoms with Gasteiger partial charge in [0.25, 0.3) is 0 Å². The van der Waals surface area contributed by atoms with Gasteiger partial charge in [0.15, 0.2) is 0 Å². The van der Waals surface area contributed by atoms with Gasteiger partial charge in [-0.15, -0.1) is 0 Å². The normalized spacial score (nSPS) is 11.2. The molecule has 25 valence electrons. The van der Waals surface area contributed by atoms with Crippen LogP contribution >= 0.6 is 48.9 Å². The van der Waals surface area contributed by atoms with Gasteiger partial charge in [-0.3, -0.25) is 0 Å². The van der Waals surface area contributed by atoms with Crippen LogP contribution in [0, 0.1) is 0 Å². The van der Waals surface area contributed by atoms with Crippen molar-refractivity contribution < 1.29 is 0 Å². The van der Waals surface area contributed by atoms with Crippen molar-refractivity contribution in [3.63, 3.8) is 0 Å². The Kier molecular flexibility index (Phi) is 5.39. The van der Waals surface area contributed by atoms with E-state index in [1.165, 1.54) is 0 Å². The van der Waals surface area contributed by atoms with Gasteiger partial charge in [0, 0.05) is 0 Å². The Bertz CT molecular complexity index is 8.00. The first-order valence-electron chi connectivity index (χ1n) is 0.504. The zero-order valence-corrected chi connectivity index (χ0v) is 8.18. The third-order valence-electron chi connectivity index (χ3n) is 0. The molecule has 0 nitrogen and oxygen atoms in total. The Hall–Kier alpha value is 2.25. The second-order valence-electron chi connectivity index (χ2n) is 0.219. The van der Waals surface area contributed by atoms with Gasteiger partial charge in [0.2, 0.25) is 0 Å². The molecule has 0 fully saturated rings. The summed E-state index contributed by atoms with van der Waals surface area (Å²) in [5, 5.41) is 0. The molecular formula is BI3-. The average molecular weight is 392 g/mol. The van der Waals surface area contributed by atoms with Gasteiger partial charge in [-0.1, -0.05) is 0 Å². The van der Waals surface area contributed by atoms with E-state index in [-0.39, 0.29) is 0 Å². The van der Waals surface area contributed by atoms with Gasteiger partial charge in [-0.25, -0.2) is 0 Å². The van der Waals surface area contributed by atoms with Gasteiger partial charge in [-0.05, 0) is 0 Å². The average Bonchev–Trinajstić information content (AvgIpc) is 0.811. The van der Waals surface area contributed by atoms with Gasteiger partial charge in [0.1, 0.15) is 0 Å². The molecular weight excluding hydrogens is 392 g/mol. The Morgan fingerprint density at radius 1 is 1.50 bits per heavy atom. The van der Waals surface area contributed by atoms with E-state index in [4.69, 9.17) is 5.70 Å². The quantitative estimate of drug-likeness (QED) is 0.439. The first-order chi connectivity index (χ1) is 1.73. The van der Waals surface area contributed by atoms with Crippen molar-refractivity contribution in [1.82, 2.24) is 0 Å². The summed E-state index contributed by atoms with van der Waals surface area (Å²) in [4.78, 5) is 0. The van der Waals surface area contributed by atoms with Gasteiger partial charge in [-0.2, -0.15) is 0 Å². The fourth-order valence-electron chi connectivity index (χ4n) is 0. The molecule has 0 aliphatic carbocycles. The third kappa shape index (κ3) is 8.87. The van der Waals surface area contributed by atoms with Crippen LogP contribution in [-0.4, -0.2) is 5.70 Å². The first kappa shape index (κ1) is 6.25. The maximum absolute atomic E-state index is 5.24. The second-order valence-corrected chi connectivity index (χ2v) is 23.7. The van der Waals surface area contributed by atoms with Crippen LogP contribution in [-0.2, 0) is 0 Å². The SMILES string of the molecule is [B-]I(I)I. The van der Waals surface area contributed by atoms with Crippen molar-refractivity contribution in [3.05, 3.63) is 0 Å². The summed E-state index contributed by atoms with van der Waals surface area (Å²) < 4.78 is 0. The summed E-state index contributed by atoms with van der Waals surface area (Å²) >= 11 is 3.71. The predicted molar refractivity (Wildman–Crippen MR) is 47.8 cm³/mol. The molecule has 0 aliphatic rings. The molecule has 0 aromatic carbocycles. The molecule has 0 spiro atoms. The molecule has 0 atom stereocenters. The summed E-state index contributed by atoms with van der Waals surface area (Å²) in [6.45, 7) is 0. The minimum atomic E-state index is -0.823. The van der Waals surface area contributed by atoms with Crippen LogP contribution < -0.4 is 0 Å². The van der Waals surface area contributed by atoms with Crippen LogP contribution in [0.4, 0.5) is 0 Å². The van der Waals surface area contributed by atoms with Crippen LogP contribution in [0.25, 0.3) is 0 Å². The molecule has 0 unspecified atom stereocenters. The molecule has 0 bridgehead atoms. The summed E-state index contributed by atoms with van der Waals surface area (Å²) in [7, 11) is 0. The van der Waals surface area contributed by atoms with E-state index in [1.807, 2.05) is 0 Å². The Morgan fingerprint density at radius 3 is 1.50 bits per heavy atom. The molecule has 0 saturated heterocycles. The molecule has 0 rings (SSSR count). The molecule has 0 amide bonds. The van der Waals surface area contributed by atoms with Crippen LogP contribution in [0.1, 0.15) is 0 Å². The summed E-state index contributed by atoms with van der Waals surface area (Å²) in [6.07, 6.45) is 0. The molecule has 0 aliphatic heterocycles. The maximum atomic E-state index is 5.24. The van der Waals surface area contributed by atoms with Crippen molar-refractivity contribution in [3.8, 4) is 0 Å². The number of hydrogen-bond donors (Lipinski definition) is 0. The molecule has 4 heteroatoms. The van der Waals surface area contributed by atoms with Crippen molar-refractivity contribution in [1.29, 1.82) is 0 Å². The fraction of sp³-hybridized carbons (Fsp3) is 0. The van der Waals surface area contributed by atoms with E-state index in [0.29, 0.717) is 0 Å². The Morgan fingerprint density at radius 2 is 1.50 bits per heavy atom. The first-order valence-corrected chi connectivity index (χ1v) is 14.3. The van der Waals surface area contributed by atoms with Gasteiger partial charge in [0.05, 0.1) is 0 Å². The van der Waals surface area contributed by atoms with E-state index < -0.39 is 11.7 Å². The molecule has 0 aromatic rings. The number of hydrogen-bond acceptors (Lipinski definition) is 0. The third-order valence-corrected chi connectivity index (χ3v) is 0. The molecule has 0 heterocycles. The van der Waals surface area contributed by atoms with Crippen LogP contribution in [0.15, 0.2) is 0 Å². The Labute approximate surface area is 53.4 Å². The van der Waals surface area contributed by atoms with E-state index in [9.17, 15) is 0 Å². The standard InChI is InChI=1S/BI3/c1-4(2)3/q-1. The van der Waals surface area contributed by atoms with E-state index in [2.05, 4.69) is 37.2 Å². The summed E-state index contributed by atoms with van der Waals surface area (Å²) in [5.41, 5.74) is 5.24. The minimum absolute atomic E-state index is 0.823. The molecule has 0 aromatic heterocycles. The van der Waals surface area contributed by atoms with Gasteiger partial charge < -0.3 is 0 Å². The zero-order chi connectivity index (χ0) is 3.58. The van der Waals surface area contributed by atoms with Crippen molar-refractivity contribution >= 4 is 54.6 Å². The fourth-order valence-corrected chi connectivity index (χ4v) is 0. The monoisotopic (exact) mass is 392 g/mol. The predicted octanol–water partition coefficient (Wildman–Crippen LogP) is 2.28. The second kappa shape index (κ2) is 3.45. The van der Waals surface area contributed by atoms with Crippen molar-refractivity contribution in [2.24, 2.45) is 0 Å². The molecule has 4 heavy (non-hydrogen) atoms. The van der Waals surface area contributed by atoms with E-state index in [1.54, 1.807) is 0 Å². The summed E-state index contributed by atoms with van der Waals surface area (Å²) in [6, 6.07) is 0. The molecule has 3 radical (unpaired) electrons. The van der Waals surface area contributed by atoms with E-state index in [0.717, 1.165) is 0 Å². The molecule has 0 saturated carbocycles.